The van der Waals surface area contributed by atoms with Crippen molar-refractivity contribution < 1.29 is 9.66 Å². The van der Waals surface area contributed by atoms with Crippen molar-refractivity contribution in [2.45, 2.75) is 0 Å². The van der Waals surface area contributed by atoms with Gasteiger partial charge in [-0.15, -0.1) is 0 Å². The maximum atomic E-state index is 10.6. The van der Waals surface area contributed by atoms with Crippen LogP contribution in [-0.4, -0.2) is 14.9 Å². The second-order valence-corrected chi connectivity index (χ2v) is 3.72. The number of ether oxygens (including phenoxy) is 1. The fourth-order valence-electron chi connectivity index (χ4n) is 1.24. The Morgan fingerprint density at radius 3 is 2.84 bits per heavy atom. The molecule has 1 aromatic heterocycles. The molecule has 19 heavy (non-hydrogen) atoms. The molecule has 8 heteroatoms. The van der Waals surface area contributed by atoms with E-state index in [4.69, 9.17) is 21.6 Å². The molecule has 0 aliphatic carbocycles. The smallest absolute Gasteiger partial charge is 0.323 e. The summed E-state index contributed by atoms with van der Waals surface area (Å²) in [6.07, 6.45) is 1.36. The Bertz CT molecular complexity index is 684. The summed E-state index contributed by atoms with van der Waals surface area (Å²) in [7, 11) is 0. The van der Waals surface area contributed by atoms with Crippen molar-refractivity contribution in [3.63, 3.8) is 0 Å². The highest BCUT2D eigenvalue weighted by Gasteiger charge is 2.12. The van der Waals surface area contributed by atoms with E-state index in [0.29, 0.717) is 0 Å². The molecular formula is C11H5ClN4O3. The zero-order valence-electron chi connectivity index (χ0n) is 9.28. The number of hydrogen-bond acceptors (Lipinski definition) is 6. The quantitative estimate of drug-likeness (QED) is 0.631. The predicted octanol–water partition coefficient (Wildman–Crippen LogP) is 2.70. The number of nitriles is 1. The van der Waals surface area contributed by atoms with Gasteiger partial charge in [-0.25, -0.2) is 4.98 Å². The SMILES string of the molecule is N#Cc1ccnc(Oc2ccc([N+](=O)[O-])cc2Cl)n1. The van der Waals surface area contributed by atoms with E-state index in [9.17, 15) is 10.1 Å². The highest BCUT2D eigenvalue weighted by atomic mass is 35.5. The normalized spacial score (nSPS) is 9.68. The molecule has 0 bridgehead atoms. The van der Waals surface area contributed by atoms with E-state index >= 15 is 0 Å². The lowest BCUT2D eigenvalue weighted by molar-refractivity contribution is -0.384. The highest BCUT2D eigenvalue weighted by Crippen LogP contribution is 2.30. The summed E-state index contributed by atoms with van der Waals surface area (Å²) in [5, 5.41) is 19.3. The van der Waals surface area contributed by atoms with E-state index in [-0.39, 0.29) is 28.2 Å². The first-order valence-electron chi connectivity index (χ1n) is 4.95. The van der Waals surface area contributed by atoms with Crippen molar-refractivity contribution in [2.75, 3.05) is 0 Å². The Kier molecular flexibility index (Phi) is 3.54. The van der Waals surface area contributed by atoms with E-state index < -0.39 is 4.92 Å². The first-order chi connectivity index (χ1) is 9.10. The second kappa shape index (κ2) is 5.29. The molecule has 2 rings (SSSR count). The van der Waals surface area contributed by atoms with Crippen LogP contribution in [0.15, 0.2) is 30.5 Å². The maximum Gasteiger partial charge on any atom is 0.323 e. The zero-order chi connectivity index (χ0) is 13.8. The van der Waals surface area contributed by atoms with Gasteiger partial charge in [0.2, 0.25) is 0 Å². The molecule has 0 N–H and O–H groups in total. The molecule has 0 amide bonds. The molecule has 1 aromatic carbocycles. The average molecular weight is 277 g/mol. The Morgan fingerprint density at radius 2 is 2.21 bits per heavy atom. The van der Waals surface area contributed by atoms with Gasteiger partial charge in [-0.1, -0.05) is 11.6 Å². The summed E-state index contributed by atoms with van der Waals surface area (Å²) in [6, 6.07) is 6.94. The number of nitrogens with zero attached hydrogens (tertiary/aromatic N) is 4. The Morgan fingerprint density at radius 1 is 1.42 bits per heavy atom. The van der Waals surface area contributed by atoms with Gasteiger partial charge in [0.25, 0.3) is 5.69 Å². The highest BCUT2D eigenvalue weighted by molar-refractivity contribution is 6.32. The Balaban J connectivity index is 2.28. The fourth-order valence-corrected chi connectivity index (χ4v) is 1.45. The molecule has 0 aliphatic heterocycles. The van der Waals surface area contributed by atoms with Gasteiger partial charge in [0.1, 0.15) is 17.5 Å². The summed E-state index contributed by atoms with van der Waals surface area (Å²) < 4.78 is 5.26. The molecule has 0 spiro atoms. The van der Waals surface area contributed by atoms with E-state index in [2.05, 4.69) is 9.97 Å². The molecule has 2 aromatic rings. The van der Waals surface area contributed by atoms with Gasteiger partial charge in [0.15, 0.2) is 0 Å². The number of halogens is 1. The third kappa shape index (κ3) is 2.94. The van der Waals surface area contributed by atoms with Gasteiger partial charge in [0, 0.05) is 18.3 Å². The number of aromatic nitrogens is 2. The molecule has 7 nitrogen and oxygen atoms in total. The third-order valence-electron chi connectivity index (χ3n) is 2.08. The van der Waals surface area contributed by atoms with Crippen LogP contribution in [0.3, 0.4) is 0 Å². The second-order valence-electron chi connectivity index (χ2n) is 3.31. The van der Waals surface area contributed by atoms with Crippen molar-refractivity contribution in [1.29, 1.82) is 5.26 Å². The molecule has 0 atom stereocenters. The van der Waals surface area contributed by atoms with Crippen molar-refractivity contribution in [3.8, 4) is 17.8 Å². The van der Waals surface area contributed by atoms with Crippen molar-refractivity contribution in [2.24, 2.45) is 0 Å². The molecule has 0 unspecified atom stereocenters. The minimum Gasteiger partial charge on any atom is -0.423 e. The van der Waals surface area contributed by atoms with Gasteiger partial charge < -0.3 is 4.74 Å². The van der Waals surface area contributed by atoms with E-state index in [1.165, 1.54) is 24.4 Å². The molecule has 94 valence electrons. The average Bonchev–Trinajstić information content (AvgIpc) is 2.41. The summed E-state index contributed by atoms with van der Waals surface area (Å²) in [5.74, 6) is 0.169. The minimum atomic E-state index is -0.567. The first kappa shape index (κ1) is 12.7. The Labute approximate surface area is 112 Å². The lowest BCUT2D eigenvalue weighted by Crippen LogP contribution is -1.94. The lowest BCUT2D eigenvalue weighted by Gasteiger charge is -2.05. The van der Waals surface area contributed by atoms with Crippen LogP contribution in [-0.2, 0) is 0 Å². The van der Waals surface area contributed by atoms with Crippen molar-refractivity contribution >= 4 is 17.3 Å². The number of nitro groups is 1. The van der Waals surface area contributed by atoms with E-state index in [0.717, 1.165) is 6.07 Å². The molecule has 0 saturated carbocycles. The van der Waals surface area contributed by atoms with Gasteiger partial charge in [-0.3, -0.25) is 10.1 Å². The van der Waals surface area contributed by atoms with E-state index in [1.54, 1.807) is 0 Å². The summed E-state index contributed by atoms with van der Waals surface area (Å²) in [6.45, 7) is 0. The maximum absolute atomic E-state index is 10.6. The molecule has 0 radical (unpaired) electrons. The molecule has 1 heterocycles. The van der Waals surface area contributed by atoms with Crippen LogP contribution < -0.4 is 4.74 Å². The Hall–Kier alpha value is -2.72. The molecule has 0 fully saturated rings. The van der Waals surface area contributed by atoms with Crippen LogP contribution in [0.25, 0.3) is 0 Å². The van der Waals surface area contributed by atoms with Gasteiger partial charge >= 0.3 is 6.01 Å². The van der Waals surface area contributed by atoms with Crippen LogP contribution in [0.2, 0.25) is 5.02 Å². The summed E-state index contributed by atoms with van der Waals surface area (Å²) >= 11 is 5.85. The summed E-state index contributed by atoms with van der Waals surface area (Å²) in [4.78, 5) is 17.6. The predicted molar refractivity (Wildman–Crippen MR) is 64.9 cm³/mol. The minimum absolute atomic E-state index is 0.0557. The summed E-state index contributed by atoms with van der Waals surface area (Å²) in [5.41, 5.74) is -0.00734. The van der Waals surface area contributed by atoms with Crippen LogP contribution in [0.5, 0.6) is 11.8 Å². The standard InChI is InChI=1S/C11H5ClN4O3/c12-9-5-8(16(17)18)1-2-10(9)19-11-14-4-3-7(6-13)15-11/h1-5H. The number of rotatable bonds is 3. The topological polar surface area (TPSA) is 102 Å². The zero-order valence-corrected chi connectivity index (χ0v) is 10.0. The van der Waals surface area contributed by atoms with Crippen LogP contribution in [0.4, 0.5) is 5.69 Å². The van der Waals surface area contributed by atoms with Crippen molar-refractivity contribution in [1.82, 2.24) is 9.97 Å². The molecular weight excluding hydrogens is 272 g/mol. The molecule has 0 aliphatic rings. The fraction of sp³-hybridized carbons (Fsp3) is 0. The van der Waals surface area contributed by atoms with Gasteiger partial charge in [-0.05, 0) is 12.1 Å². The number of hydrogen-bond donors (Lipinski definition) is 0. The van der Waals surface area contributed by atoms with Gasteiger partial charge in [0.05, 0.1) is 9.95 Å². The molecule has 0 saturated heterocycles. The van der Waals surface area contributed by atoms with E-state index in [1.807, 2.05) is 6.07 Å². The van der Waals surface area contributed by atoms with Crippen LogP contribution >= 0.6 is 11.6 Å². The van der Waals surface area contributed by atoms with Crippen LogP contribution in [0.1, 0.15) is 5.69 Å². The van der Waals surface area contributed by atoms with Crippen molar-refractivity contribution in [3.05, 3.63) is 51.3 Å². The van der Waals surface area contributed by atoms with Crippen LogP contribution in [0, 0.1) is 21.4 Å². The first-order valence-corrected chi connectivity index (χ1v) is 5.33. The largest absolute Gasteiger partial charge is 0.423 e. The number of benzene rings is 1. The number of nitro benzene ring substituents is 1. The number of non-ortho nitro benzene ring substituents is 1. The monoisotopic (exact) mass is 276 g/mol. The third-order valence-corrected chi connectivity index (χ3v) is 2.37. The van der Waals surface area contributed by atoms with Gasteiger partial charge in [-0.2, -0.15) is 10.2 Å². The lowest BCUT2D eigenvalue weighted by atomic mass is 10.3.